The molecular formula is C17H12O4. The first-order chi connectivity index (χ1) is 10.1. The standard InChI is InChI=1S/C17H12O4/c1-10-15(16(19)11-5-3-2-4-6-11)17(20)13-8-7-12(18)9-14(13)21-10/h2-9,18H,1H3. The molecule has 2 aromatic carbocycles. The number of hydrogen-bond acceptors (Lipinski definition) is 4. The molecule has 4 nitrogen and oxygen atoms in total. The van der Waals surface area contributed by atoms with Crippen LogP contribution in [0.25, 0.3) is 11.0 Å². The number of ketones is 1. The topological polar surface area (TPSA) is 67.5 Å². The fourth-order valence-corrected chi connectivity index (χ4v) is 2.29. The third-order valence-electron chi connectivity index (χ3n) is 3.32. The van der Waals surface area contributed by atoms with Gasteiger partial charge in [0, 0.05) is 11.6 Å². The third kappa shape index (κ3) is 2.21. The maximum absolute atomic E-state index is 12.5. The Balaban J connectivity index is 2.27. The monoisotopic (exact) mass is 280 g/mol. The zero-order valence-electron chi connectivity index (χ0n) is 11.3. The van der Waals surface area contributed by atoms with Crippen LogP contribution >= 0.6 is 0 Å². The maximum Gasteiger partial charge on any atom is 0.204 e. The minimum Gasteiger partial charge on any atom is -0.508 e. The Hall–Kier alpha value is -2.88. The van der Waals surface area contributed by atoms with Gasteiger partial charge in [-0.3, -0.25) is 9.59 Å². The lowest BCUT2D eigenvalue weighted by atomic mass is 10.0. The molecule has 0 amide bonds. The number of carbonyl (C=O) groups excluding carboxylic acids is 1. The predicted molar refractivity (Wildman–Crippen MR) is 78.8 cm³/mol. The SMILES string of the molecule is Cc1oc2cc(O)ccc2c(=O)c1C(=O)c1ccccc1. The fourth-order valence-electron chi connectivity index (χ4n) is 2.29. The van der Waals surface area contributed by atoms with Gasteiger partial charge in [-0.2, -0.15) is 0 Å². The van der Waals surface area contributed by atoms with Gasteiger partial charge in [0.2, 0.25) is 5.43 Å². The summed E-state index contributed by atoms with van der Waals surface area (Å²) in [6.07, 6.45) is 0. The molecule has 1 N–H and O–H groups in total. The largest absolute Gasteiger partial charge is 0.508 e. The van der Waals surface area contributed by atoms with E-state index in [-0.39, 0.29) is 39.3 Å². The molecule has 0 saturated carbocycles. The van der Waals surface area contributed by atoms with Gasteiger partial charge < -0.3 is 9.52 Å². The molecule has 0 aliphatic carbocycles. The van der Waals surface area contributed by atoms with Gasteiger partial charge in [-0.25, -0.2) is 0 Å². The van der Waals surface area contributed by atoms with Crippen LogP contribution in [0.2, 0.25) is 0 Å². The van der Waals surface area contributed by atoms with E-state index in [1.165, 1.54) is 18.2 Å². The van der Waals surface area contributed by atoms with Crippen LogP contribution in [-0.2, 0) is 0 Å². The van der Waals surface area contributed by atoms with Gasteiger partial charge in [0.25, 0.3) is 0 Å². The van der Waals surface area contributed by atoms with Gasteiger partial charge in [0.1, 0.15) is 22.7 Å². The molecule has 0 unspecified atom stereocenters. The molecule has 0 saturated heterocycles. The normalized spacial score (nSPS) is 10.7. The summed E-state index contributed by atoms with van der Waals surface area (Å²) in [6.45, 7) is 1.57. The van der Waals surface area contributed by atoms with Crippen LogP contribution in [0.15, 0.2) is 57.7 Å². The molecule has 4 heteroatoms. The van der Waals surface area contributed by atoms with Crippen molar-refractivity contribution in [3.05, 3.63) is 75.6 Å². The molecule has 0 spiro atoms. The van der Waals surface area contributed by atoms with Crippen LogP contribution in [-0.4, -0.2) is 10.9 Å². The number of carbonyl (C=O) groups is 1. The highest BCUT2D eigenvalue weighted by molar-refractivity contribution is 6.10. The average Bonchev–Trinajstić information content (AvgIpc) is 2.47. The molecular weight excluding hydrogens is 268 g/mol. The lowest BCUT2D eigenvalue weighted by molar-refractivity contribution is 0.103. The summed E-state index contributed by atoms with van der Waals surface area (Å²) in [5.41, 5.74) is 0.343. The van der Waals surface area contributed by atoms with Gasteiger partial charge in [-0.05, 0) is 19.1 Å². The molecule has 0 bridgehead atoms. The second-order valence-electron chi connectivity index (χ2n) is 4.74. The Morgan fingerprint density at radius 1 is 1.10 bits per heavy atom. The van der Waals surface area contributed by atoms with Gasteiger partial charge in [0.05, 0.1) is 5.39 Å². The maximum atomic E-state index is 12.5. The summed E-state index contributed by atoms with van der Waals surface area (Å²) in [6, 6.07) is 12.8. The molecule has 0 fully saturated rings. The Morgan fingerprint density at radius 3 is 2.52 bits per heavy atom. The van der Waals surface area contributed by atoms with Crippen molar-refractivity contribution in [1.29, 1.82) is 0 Å². The summed E-state index contributed by atoms with van der Waals surface area (Å²) in [4.78, 5) is 25.0. The highest BCUT2D eigenvalue weighted by Crippen LogP contribution is 2.21. The van der Waals surface area contributed by atoms with Gasteiger partial charge in [0.15, 0.2) is 5.78 Å². The van der Waals surface area contributed by atoms with Crippen molar-refractivity contribution < 1.29 is 14.3 Å². The van der Waals surface area contributed by atoms with Gasteiger partial charge >= 0.3 is 0 Å². The number of aromatic hydroxyl groups is 1. The lowest BCUT2D eigenvalue weighted by Crippen LogP contribution is -2.18. The first kappa shape index (κ1) is 13.1. The molecule has 21 heavy (non-hydrogen) atoms. The average molecular weight is 280 g/mol. The number of aryl methyl sites for hydroxylation is 1. The summed E-state index contributed by atoms with van der Waals surface area (Å²) in [5.74, 6) is -0.115. The Bertz CT molecular complexity index is 892. The molecule has 1 heterocycles. The van der Waals surface area contributed by atoms with Crippen LogP contribution in [0.1, 0.15) is 21.7 Å². The highest BCUT2D eigenvalue weighted by atomic mass is 16.3. The number of hydrogen-bond donors (Lipinski definition) is 1. The first-order valence-electron chi connectivity index (χ1n) is 6.44. The summed E-state index contributed by atoms with van der Waals surface area (Å²) in [5, 5.41) is 9.72. The van der Waals surface area contributed by atoms with Crippen molar-refractivity contribution in [3.63, 3.8) is 0 Å². The molecule has 0 atom stereocenters. The van der Waals surface area contributed by atoms with E-state index in [4.69, 9.17) is 4.42 Å². The van der Waals surface area contributed by atoms with Crippen LogP contribution in [0.4, 0.5) is 0 Å². The smallest absolute Gasteiger partial charge is 0.204 e. The van der Waals surface area contributed by atoms with Crippen molar-refractivity contribution in [1.82, 2.24) is 0 Å². The van der Waals surface area contributed by atoms with Crippen molar-refractivity contribution in [3.8, 4) is 5.75 Å². The van der Waals surface area contributed by atoms with Crippen LogP contribution in [0.3, 0.4) is 0 Å². The summed E-state index contributed by atoms with van der Waals surface area (Å²) < 4.78 is 5.52. The van der Waals surface area contributed by atoms with Crippen LogP contribution in [0.5, 0.6) is 5.75 Å². The molecule has 104 valence electrons. The zero-order valence-corrected chi connectivity index (χ0v) is 11.3. The number of phenols is 1. The van der Waals surface area contributed by atoms with Gasteiger partial charge in [-0.15, -0.1) is 0 Å². The fraction of sp³-hybridized carbons (Fsp3) is 0.0588. The number of benzene rings is 2. The van der Waals surface area contributed by atoms with E-state index in [0.717, 1.165) is 0 Å². The molecule has 0 radical (unpaired) electrons. The molecule has 3 aromatic rings. The van der Waals surface area contributed by atoms with Gasteiger partial charge in [-0.1, -0.05) is 30.3 Å². The number of phenolic OH excluding ortho intramolecular Hbond substituents is 1. The molecule has 0 aliphatic rings. The van der Waals surface area contributed by atoms with E-state index in [1.54, 1.807) is 37.3 Å². The number of fused-ring (bicyclic) bond motifs is 1. The second-order valence-corrected chi connectivity index (χ2v) is 4.74. The summed E-state index contributed by atoms with van der Waals surface area (Å²) >= 11 is 0. The molecule has 0 aliphatic heterocycles. The minimum atomic E-state index is -0.386. The molecule has 3 rings (SSSR count). The van der Waals surface area contributed by atoms with Crippen molar-refractivity contribution in [2.45, 2.75) is 6.92 Å². The van der Waals surface area contributed by atoms with E-state index in [1.807, 2.05) is 0 Å². The van der Waals surface area contributed by atoms with Crippen LogP contribution in [0, 0.1) is 6.92 Å². The first-order valence-corrected chi connectivity index (χ1v) is 6.44. The Morgan fingerprint density at radius 2 is 1.81 bits per heavy atom. The van der Waals surface area contributed by atoms with E-state index in [9.17, 15) is 14.7 Å². The van der Waals surface area contributed by atoms with Crippen molar-refractivity contribution >= 4 is 16.8 Å². The Labute approximate surface area is 120 Å². The Kier molecular flexibility index (Phi) is 3.06. The van der Waals surface area contributed by atoms with E-state index in [0.29, 0.717) is 5.56 Å². The van der Waals surface area contributed by atoms with E-state index >= 15 is 0 Å². The lowest BCUT2D eigenvalue weighted by Gasteiger charge is -2.06. The van der Waals surface area contributed by atoms with Crippen LogP contribution < -0.4 is 5.43 Å². The third-order valence-corrected chi connectivity index (χ3v) is 3.32. The second kappa shape index (κ2) is 4.90. The summed E-state index contributed by atoms with van der Waals surface area (Å²) in [7, 11) is 0. The number of rotatable bonds is 2. The quantitative estimate of drug-likeness (QED) is 0.733. The zero-order chi connectivity index (χ0) is 15.0. The van der Waals surface area contributed by atoms with E-state index < -0.39 is 0 Å². The highest BCUT2D eigenvalue weighted by Gasteiger charge is 2.19. The molecule has 1 aromatic heterocycles. The van der Waals surface area contributed by atoms with E-state index in [2.05, 4.69) is 0 Å². The predicted octanol–water partition coefficient (Wildman–Crippen LogP) is 3.04. The van der Waals surface area contributed by atoms with Crippen molar-refractivity contribution in [2.24, 2.45) is 0 Å². The van der Waals surface area contributed by atoms with Crippen molar-refractivity contribution in [2.75, 3.05) is 0 Å². The minimum absolute atomic E-state index is 0.00665.